The van der Waals surface area contributed by atoms with Crippen molar-refractivity contribution in [1.29, 1.82) is 0 Å². The lowest BCUT2D eigenvalue weighted by molar-refractivity contribution is 0.381. The van der Waals surface area contributed by atoms with Gasteiger partial charge >= 0.3 is 0 Å². The zero-order chi connectivity index (χ0) is 11.7. The van der Waals surface area contributed by atoms with Crippen LogP contribution in [0.3, 0.4) is 0 Å². The summed E-state index contributed by atoms with van der Waals surface area (Å²) in [5.41, 5.74) is 1.45. The molecule has 0 amide bonds. The first kappa shape index (κ1) is 11.2. The number of piperidine rings is 1. The number of nitrogens with zero attached hydrogens (tertiary/aromatic N) is 3. The van der Waals surface area contributed by atoms with Crippen molar-refractivity contribution in [3.8, 4) is 0 Å². The van der Waals surface area contributed by atoms with Gasteiger partial charge in [0.1, 0.15) is 0 Å². The zero-order valence-electron chi connectivity index (χ0n) is 10.6. The van der Waals surface area contributed by atoms with Crippen LogP contribution in [0.25, 0.3) is 0 Å². The molecule has 0 aliphatic carbocycles. The zero-order valence-corrected chi connectivity index (χ0v) is 10.6. The molecule has 94 valence electrons. The first-order valence-corrected chi connectivity index (χ1v) is 6.76. The minimum Gasteiger partial charge on any atom is -0.317 e. The van der Waals surface area contributed by atoms with Gasteiger partial charge < -0.3 is 10.2 Å². The molecule has 0 radical (unpaired) electrons. The summed E-state index contributed by atoms with van der Waals surface area (Å²) in [4.78, 5) is 2.39. The molecule has 4 heteroatoms. The molecule has 0 spiro atoms. The van der Waals surface area contributed by atoms with Crippen molar-refractivity contribution in [2.24, 2.45) is 0 Å². The predicted octanol–water partition coefficient (Wildman–Crippen LogP) is 1.23. The average Bonchev–Trinajstić information content (AvgIpc) is 2.98. The van der Waals surface area contributed by atoms with Crippen LogP contribution in [0.15, 0.2) is 12.4 Å². The van der Waals surface area contributed by atoms with Crippen molar-refractivity contribution in [1.82, 2.24) is 20.0 Å². The van der Waals surface area contributed by atoms with E-state index in [0.717, 1.165) is 25.6 Å². The molecular formula is C13H22N4. The Morgan fingerprint density at radius 3 is 2.82 bits per heavy atom. The Kier molecular flexibility index (Phi) is 3.16. The van der Waals surface area contributed by atoms with Crippen LogP contribution >= 0.6 is 0 Å². The molecule has 0 aromatic carbocycles. The van der Waals surface area contributed by atoms with E-state index in [9.17, 15) is 0 Å². The minimum atomic E-state index is 0.593. The molecule has 1 N–H and O–H groups in total. The molecule has 2 fully saturated rings. The summed E-state index contributed by atoms with van der Waals surface area (Å²) in [5.74, 6) is 0.726. The predicted molar refractivity (Wildman–Crippen MR) is 68.2 cm³/mol. The fourth-order valence-electron chi connectivity index (χ4n) is 3.05. The van der Waals surface area contributed by atoms with Crippen molar-refractivity contribution in [2.75, 3.05) is 33.2 Å². The topological polar surface area (TPSA) is 33.1 Å². The summed E-state index contributed by atoms with van der Waals surface area (Å²) in [6, 6.07) is 0.593. The number of likely N-dealkylation sites (N-methyl/N-ethyl adjacent to an activating group) is 1. The van der Waals surface area contributed by atoms with Crippen LogP contribution < -0.4 is 5.32 Å². The van der Waals surface area contributed by atoms with Gasteiger partial charge in [-0.2, -0.15) is 5.10 Å². The molecule has 0 bridgehead atoms. The molecule has 4 nitrogen and oxygen atoms in total. The lowest BCUT2D eigenvalue weighted by Crippen LogP contribution is -2.26. The number of nitrogens with one attached hydrogen (secondary N) is 1. The number of aromatic nitrogens is 2. The Balaban J connectivity index is 1.69. The SMILES string of the molecule is CN1CCC(n2cc(C3CCNCC3)cn2)C1. The molecule has 1 aromatic rings. The van der Waals surface area contributed by atoms with Crippen molar-refractivity contribution >= 4 is 0 Å². The molecule has 1 aromatic heterocycles. The standard InChI is InChI=1S/C13H22N4/c1-16-7-4-13(10-16)17-9-12(8-15-17)11-2-5-14-6-3-11/h8-9,11,13-14H,2-7,10H2,1H3. The normalized spacial score (nSPS) is 27.7. The van der Waals surface area contributed by atoms with Gasteiger partial charge in [-0.05, 0) is 57.4 Å². The number of hydrogen-bond donors (Lipinski definition) is 1. The number of rotatable bonds is 2. The van der Waals surface area contributed by atoms with E-state index in [1.54, 1.807) is 0 Å². The highest BCUT2D eigenvalue weighted by Crippen LogP contribution is 2.27. The fraction of sp³-hybridized carbons (Fsp3) is 0.769. The van der Waals surface area contributed by atoms with Crippen molar-refractivity contribution in [3.05, 3.63) is 18.0 Å². The maximum absolute atomic E-state index is 4.58. The summed E-state index contributed by atoms with van der Waals surface area (Å²) in [6.45, 7) is 4.66. The largest absolute Gasteiger partial charge is 0.317 e. The molecule has 1 unspecified atom stereocenters. The lowest BCUT2D eigenvalue weighted by atomic mass is 9.93. The highest BCUT2D eigenvalue weighted by Gasteiger charge is 2.23. The van der Waals surface area contributed by atoms with E-state index >= 15 is 0 Å². The fourth-order valence-corrected chi connectivity index (χ4v) is 3.05. The third-order valence-corrected chi connectivity index (χ3v) is 4.17. The molecule has 2 aliphatic rings. The lowest BCUT2D eigenvalue weighted by Gasteiger charge is -2.21. The van der Waals surface area contributed by atoms with Crippen LogP contribution in [0, 0.1) is 0 Å². The van der Waals surface area contributed by atoms with Gasteiger partial charge in [0.15, 0.2) is 0 Å². The first-order chi connectivity index (χ1) is 8.33. The van der Waals surface area contributed by atoms with Gasteiger partial charge in [-0.15, -0.1) is 0 Å². The van der Waals surface area contributed by atoms with E-state index in [1.165, 1.54) is 31.4 Å². The molecule has 17 heavy (non-hydrogen) atoms. The van der Waals surface area contributed by atoms with E-state index in [1.807, 2.05) is 0 Å². The van der Waals surface area contributed by atoms with Gasteiger partial charge in [0.2, 0.25) is 0 Å². The van der Waals surface area contributed by atoms with Crippen LogP contribution in [0.1, 0.15) is 36.8 Å². The molecule has 3 heterocycles. The minimum absolute atomic E-state index is 0.593. The van der Waals surface area contributed by atoms with Gasteiger partial charge in [-0.25, -0.2) is 0 Å². The number of likely N-dealkylation sites (tertiary alicyclic amines) is 1. The van der Waals surface area contributed by atoms with E-state index in [-0.39, 0.29) is 0 Å². The molecule has 2 aliphatic heterocycles. The van der Waals surface area contributed by atoms with Crippen LogP contribution in [0.4, 0.5) is 0 Å². The van der Waals surface area contributed by atoms with Crippen LogP contribution in [-0.4, -0.2) is 47.9 Å². The van der Waals surface area contributed by atoms with Crippen molar-refractivity contribution < 1.29 is 0 Å². The van der Waals surface area contributed by atoms with Crippen molar-refractivity contribution in [3.63, 3.8) is 0 Å². The summed E-state index contributed by atoms with van der Waals surface area (Å²) < 4.78 is 2.20. The summed E-state index contributed by atoms with van der Waals surface area (Å²) >= 11 is 0. The second-order valence-electron chi connectivity index (χ2n) is 5.48. The van der Waals surface area contributed by atoms with E-state index < -0.39 is 0 Å². The van der Waals surface area contributed by atoms with E-state index in [0.29, 0.717) is 6.04 Å². The van der Waals surface area contributed by atoms with Crippen molar-refractivity contribution in [2.45, 2.75) is 31.2 Å². The smallest absolute Gasteiger partial charge is 0.0658 e. The van der Waals surface area contributed by atoms with Crippen LogP contribution in [-0.2, 0) is 0 Å². The first-order valence-electron chi connectivity index (χ1n) is 6.76. The van der Waals surface area contributed by atoms with Gasteiger partial charge in [-0.1, -0.05) is 0 Å². The molecule has 2 saturated heterocycles. The van der Waals surface area contributed by atoms with Gasteiger partial charge in [0.05, 0.1) is 12.2 Å². The van der Waals surface area contributed by atoms with E-state index in [2.05, 4.69) is 39.4 Å². The molecule has 0 saturated carbocycles. The maximum atomic E-state index is 4.58. The Hall–Kier alpha value is -0.870. The Bertz CT molecular complexity index is 348. The van der Waals surface area contributed by atoms with Gasteiger partial charge in [0, 0.05) is 12.7 Å². The number of hydrogen-bond acceptors (Lipinski definition) is 3. The highest BCUT2D eigenvalue weighted by molar-refractivity contribution is 5.13. The van der Waals surface area contributed by atoms with Gasteiger partial charge in [-0.3, -0.25) is 4.68 Å². The third-order valence-electron chi connectivity index (χ3n) is 4.17. The molecule has 3 rings (SSSR count). The second-order valence-corrected chi connectivity index (χ2v) is 5.48. The third kappa shape index (κ3) is 2.38. The highest BCUT2D eigenvalue weighted by atomic mass is 15.3. The Morgan fingerprint density at radius 2 is 2.12 bits per heavy atom. The summed E-state index contributed by atoms with van der Waals surface area (Å²) in [6.07, 6.45) is 8.14. The van der Waals surface area contributed by atoms with Gasteiger partial charge in [0.25, 0.3) is 0 Å². The average molecular weight is 234 g/mol. The summed E-state index contributed by atoms with van der Waals surface area (Å²) in [7, 11) is 2.19. The second kappa shape index (κ2) is 4.78. The Labute approximate surface area is 103 Å². The Morgan fingerprint density at radius 1 is 1.29 bits per heavy atom. The molecule has 1 atom stereocenters. The van der Waals surface area contributed by atoms with Crippen LogP contribution in [0.5, 0.6) is 0 Å². The summed E-state index contributed by atoms with van der Waals surface area (Å²) in [5, 5.41) is 8.00. The van der Waals surface area contributed by atoms with E-state index in [4.69, 9.17) is 0 Å². The van der Waals surface area contributed by atoms with Crippen LogP contribution in [0.2, 0.25) is 0 Å². The quantitative estimate of drug-likeness (QED) is 0.835. The maximum Gasteiger partial charge on any atom is 0.0658 e. The molecular weight excluding hydrogens is 212 g/mol. The monoisotopic (exact) mass is 234 g/mol.